The second-order valence-electron chi connectivity index (χ2n) is 9.24. The molecule has 1 aliphatic rings. The maximum Gasteiger partial charge on any atom is 0.492 e. The van der Waals surface area contributed by atoms with E-state index in [0.29, 0.717) is 6.42 Å². The molecule has 1 fully saturated rings. The molecule has 1 aliphatic heterocycles. The first-order valence-corrected chi connectivity index (χ1v) is 9.82. The molecule has 7 heteroatoms. The normalized spacial score (nSPS) is 18.3. The van der Waals surface area contributed by atoms with Crippen molar-refractivity contribution in [1.82, 2.24) is 5.32 Å². The molecule has 0 radical (unpaired) electrons. The number of nitriles is 1. The van der Waals surface area contributed by atoms with Gasteiger partial charge in [-0.2, -0.15) is 5.26 Å². The zero-order valence-corrected chi connectivity index (χ0v) is 18.5. The summed E-state index contributed by atoms with van der Waals surface area (Å²) in [6, 6.07) is 9.84. The molecule has 0 unspecified atom stereocenters. The van der Waals surface area contributed by atoms with Crippen molar-refractivity contribution in [2.24, 2.45) is 0 Å². The summed E-state index contributed by atoms with van der Waals surface area (Å²) >= 11 is 0. The summed E-state index contributed by atoms with van der Waals surface area (Å²) < 4.78 is 17.7. The number of hydrogen-bond donors (Lipinski definition) is 1. The Morgan fingerprint density at radius 1 is 1.17 bits per heavy atom. The predicted octanol–water partition coefficient (Wildman–Crippen LogP) is 4.29. The van der Waals surface area contributed by atoms with Crippen LogP contribution in [0.5, 0.6) is 0 Å². The van der Waals surface area contributed by atoms with Crippen molar-refractivity contribution in [3.05, 3.63) is 40.9 Å². The number of carbonyl (C=O) groups excluding carboxylic acids is 1. The van der Waals surface area contributed by atoms with E-state index in [-0.39, 0.29) is 6.54 Å². The molecule has 0 bridgehead atoms. The van der Waals surface area contributed by atoms with Crippen molar-refractivity contribution >= 4 is 19.3 Å². The SMILES string of the molecule is CC(C)(C)OC(=O)NCC(=Cc1ccc(CC#N)cc1)B1OC(C)(C)C(C)(C)O1. The van der Waals surface area contributed by atoms with E-state index in [0.717, 1.165) is 16.6 Å². The Balaban J connectivity index is 2.23. The molecule has 1 heterocycles. The minimum atomic E-state index is -0.589. The number of rotatable bonds is 5. The van der Waals surface area contributed by atoms with Crippen LogP contribution >= 0.6 is 0 Å². The summed E-state index contributed by atoms with van der Waals surface area (Å²) in [6.45, 7) is 13.6. The van der Waals surface area contributed by atoms with Crippen molar-refractivity contribution in [2.45, 2.75) is 71.7 Å². The highest BCUT2D eigenvalue weighted by molar-refractivity contribution is 6.56. The van der Waals surface area contributed by atoms with Crippen LogP contribution in [0.2, 0.25) is 0 Å². The quantitative estimate of drug-likeness (QED) is 0.749. The van der Waals surface area contributed by atoms with Crippen molar-refractivity contribution in [2.75, 3.05) is 6.54 Å². The Morgan fingerprint density at radius 2 is 1.72 bits per heavy atom. The number of ether oxygens (including phenoxy) is 1. The standard InChI is InChI=1S/C22H31BN2O4/c1-20(2,3)27-19(26)25-15-18(23-28-21(4,5)22(6,7)29-23)14-17-10-8-16(9-11-17)12-13-24/h8-11,14H,12,15H2,1-7H3,(H,25,26). The third-order valence-corrected chi connectivity index (χ3v) is 5.01. The average molecular weight is 398 g/mol. The largest absolute Gasteiger partial charge is 0.492 e. The number of carbonyl (C=O) groups is 1. The molecular formula is C22H31BN2O4. The zero-order chi connectivity index (χ0) is 21.9. The van der Waals surface area contributed by atoms with Crippen molar-refractivity contribution < 1.29 is 18.8 Å². The van der Waals surface area contributed by atoms with Gasteiger partial charge in [0.2, 0.25) is 0 Å². The molecule has 0 saturated carbocycles. The topological polar surface area (TPSA) is 80.6 Å². The summed E-state index contributed by atoms with van der Waals surface area (Å²) in [5, 5.41) is 11.6. The fourth-order valence-electron chi connectivity index (χ4n) is 2.72. The smallest absolute Gasteiger partial charge is 0.444 e. The lowest BCUT2D eigenvalue weighted by Gasteiger charge is -2.32. The minimum absolute atomic E-state index is 0.228. The number of hydrogen-bond acceptors (Lipinski definition) is 5. The number of benzene rings is 1. The van der Waals surface area contributed by atoms with Crippen LogP contribution in [0.15, 0.2) is 29.7 Å². The van der Waals surface area contributed by atoms with Gasteiger partial charge in [-0.3, -0.25) is 0 Å². The van der Waals surface area contributed by atoms with E-state index in [1.165, 1.54) is 0 Å². The van der Waals surface area contributed by atoms with Crippen molar-refractivity contribution in [3.8, 4) is 6.07 Å². The number of amides is 1. The molecule has 0 aromatic heterocycles. The molecule has 1 saturated heterocycles. The zero-order valence-electron chi connectivity index (χ0n) is 18.5. The van der Waals surface area contributed by atoms with Gasteiger partial charge in [-0.05, 0) is 65.1 Å². The van der Waals surface area contributed by atoms with Crippen LogP contribution in [0, 0.1) is 11.3 Å². The molecule has 1 amide bonds. The Morgan fingerprint density at radius 3 is 2.21 bits per heavy atom. The molecule has 1 aromatic carbocycles. The summed E-state index contributed by atoms with van der Waals surface area (Å²) in [5.41, 5.74) is 1.12. The Hall–Kier alpha value is -2.30. The van der Waals surface area contributed by atoms with Crippen LogP contribution in [0.25, 0.3) is 6.08 Å². The lowest BCUT2D eigenvalue weighted by atomic mass is 9.77. The summed E-state index contributed by atoms with van der Waals surface area (Å²) in [5.74, 6) is 0. The van der Waals surface area contributed by atoms with Gasteiger partial charge in [-0.15, -0.1) is 0 Å². The fraction of sp³-hybridized carbons (Fsp3) is 0.545. The highest BCUT2D eigenvalue weighted by Crippen LogP contribution is 2.38. The molecule has 156 valence electrons. The summed E-state index contributed by atoms with van der Waals surface area (Å²) in [7, 11) is -0.589. The van der Waals surface area contributed by atoms with E-state index in [1.807, 2.05) is 78.8 Å². The van der Waals surface area contributed by atoms with Gasteiger partial charge < -0.3 is 19.4 Å². The van der Waals surface area contributed by atoms with Crippen LogP contribution in [0.4, 0.5) is 4.79 Å². The lowest BCUT2D eigenvalue weighted by Crippen LogP contribution is -2.41. The van der Waals surface area contributed by atoms with E-state index in [9.17, 15) is 4.79 Å². The van der Waals surface area contributed by atoms with Gasteiger partial charge in [0, 0.05) is 6.54 Å². The van der Waals surface area contributed by atoms with Gasteiger partial charge >= 0.3 is 13.2 Å². The average Bonchev–Trinajstić information content (AvgIpc) is 2.79. The van der Waals surface area contributed by atoms with E-state index < -0.39 is 30.0 Å². The van der Waals surface area contributed by atoms with Crippen molar-refractivity contribution in [3.63, 3.8) is 0 Å². The second kappa shape index (κ2) is 8.60. The fourth-order valence-corrected chi connectivity index (χ4v) is 2.72. The monoisotopic (exact) mass is 398 g/mol. The van der Waals surface area contributed by atoms with Gasteiger partial charge in [-0.1, -0.05) is 30.3 Å². The van der Waals surface area contributed by atoms with E-state index in [2.05, 4.69) is 11.4 Å². The van der Waals surface area contributed by atoms with Crippen LogP contribution in [0.1, 0.15) is 59.6 Å². The van der Waals surface area contributed by atoms with Gasteiger partial charge in [-0.25, -0.2) is 4.79 Å². The van der Waals surface area contributed by atoms with Crippen molar-refractivity contribution in [1.29, 1.82) is 5.26 Å². The summed E-state index contributed by atoms with van der Waals surface area (Å²) in [6.07, 6.45) is 1.81. The molecule has 29 heavy (non-hydrogen) atoms. The molecule has 0 atom stereocenters. The third-order valence-electron chi connectivity index (χ3n) is 5.01. The maximum atomic E-state index is 12.1. The predicted molar refractivity (Wildman–Crippen MR) is 114 cm³/mol. The molecule has 0 aliphatic carbocycles. The van der Waals surface area contributed by atoms with Crippen LogP contribution in [-0.2, 0) is 20.5 Å². The highest BCUT2D eigenvalue weighted by atomic mass is 16.7. The van der Waals surface area contributed by atoms with E-state index >= 15 is 0 Å². The Kier molecular flexibility index (Phi) is 6.82. The first-order valence-electron chi connectivity index (χ1n) is 9.82. The highest BCUT2D eigenvalue weighted by Gasteiger charge is 2.52. The van der Waals surface area contributed by atoms with Gasteiger partial charge in [0.1, 0.15) is 5.60 Å². The van der Waals surface area contributed by atoms with Crippen LogP contribution in [0.3, 0.4) is 0 Å². The Bertz CT molecular complexity index is 786. The molecular weight excluding hydrogens is 367 g/mol. The van der Waals surface area contributed by atoms with Gasteiger partial charge in [0.05, 0.1) is 23.7 Å². The van der Waals surface area contributed by atoms with E-state index in [4.69, 9.17) is 19.3 Å². The van der Waals surface area contributed by atoms with Gasteiger partial charge in [0.15, 0.2) is 0 Å². The number of nitrogens with one attached hydrogen (secondary N) is 1. The summed E-state index contributed by atoms with van der Waals surface area (Å²) in [4.78, 5) is 12.1. The number of nitrogens with zero attached hydrogens (tertiary/aromatic N) is 1. The van der Waals surface area contributed by atoms with Crippen LogP contribution in [-0.4, -0.2) is 36.6 Å². The number of alkyl carbamates (subject to hydrolysis) is 1. The molecule has 0 spiro atoms. The maximum absolute atomic E-state index is 12.1. The van der Waals surface area contributed by atoms with Crippen LogP contribution < -0.4 is 5.32 Å². The van der Waals surface area contributed by atoms with E-state index in [1.54, 1.807) is 0 Å². The third kappa shape index (κ3) is 6.35. The lowest BCUT2D eigenvalue weighted by molar-refractivity contribution is 0.00578. The molecule has 1 N–H and O–H groups in total. The van der Waals surface area contributed by atoms with Gasteiger partial charge in [0.25, 0.3) is 0 Å². The first kappa shape index (κ1) is 23.0. The first-order chi connectivity index (χ1) is 13.3. The Labute approximate surface area is 174 Å². The minimum Gasteiger partial charge on any atom is -0.444 e. The second-order valence-corrected chi connectivity index (χ2v) is 9.24. The molecule has 6 nitrogen and oxygen atoms in total. The molecule has 2 rings (SSSR count). The molecule has 1 aromatic rings.